The summed E-state index contributed by atoms with van der Waals surface area (Å²) in [5.41, 5.74) is 4.34. The number of alkyl halides is 3. The largest absolute Gasteiger partial charge is 0.406 e. The molecule has 0 aliphatic heterocycles. The summed E-state index contributed by atoms with van der Waals surface area (Å²) in [6.45, 7) is 0.876. The molecule has 1 amide bonds. The van der Waals surface area contributed by atoms with Crippen molar-refractivity contribution in [2.75, 3.05) is 5.32 Å². The summed E-state index contributed by atoms with van der Waals surface area (Å²) in [7, 11) is 1.70. The monoisotopic (exact) mass is 412 g/mol. The van der Waals surface area contributed by atoms with Crippen LogP contribution in [0.25, 0.3) is 22.0 Å². The topological polar surface area (TPSA) is 51.9 Å². The molecule has 0 aliphatic rings. The molecule has 0 saturated carbocycles. The van der Waals surface area contributed by atoms with E-state index in [9.17, 15) is 18.0 Å². The quantitative estimate of drug-likeness (QED) is 0.503. The van der Waals surface area contributed by atoms with Gasteiger partial charge in [-0.2, -0.15) is 18.3 Å². The molecule has 0 spiro atoms. The van der Waals surface area contributed by atoms with Gasteiger partial charge in [0.2, 0.25) is 0 Å². The molecule has 4 rings (SSSR count). The molecule has 2 aromatic heterocycles. The van der Waals surface area contributed by atoms with Crippen molar-refractivity contribution in [2.24, 2.45) is 7.05 Å². The molecular weight excluding hydrogens is 393 g/mol. The first-order chi connectivity index (χ1) is 14.2. The highest BCUT2D eigenvalue weighted by atomic mass is 19.4. The number of nitrogens with zero attached hydrogens (tertiary/aromatic N) is 3. The zero-order valence-electron chi connectivity index (χ0n) is 16.4. The van der Waals surface area contributed by atoms with Gasteiger partial charge >= 0.3 is 6.18 Å². The number of amides is 1. The van der Waals surface area contributed by atoms with Gasteiger partial charge in [0.1, 0.15) is 12.2 Å². The lowest BCUT2D eigenvalue weighted by atomic mass is 10.0. The van der Waals surface area contributed by atoms with Crippen molar-refractivity contribution in [1.82, 2.24) is 14.3 Å². The summed E-state index contributed by atoms with van der Waals surface area (Å²) in [5.74, 6) is -0.252. The second kappa shape index (κ2) is 7.37. The Morgan fingerprint density at radius 3 is 2.47 bits per heavy atom. The van der Waals surface area contributed by atoms with Gasteiger partial charge in [0.05, 0.1) is 0 Å². The average Bonchev–Trinajstić information content (AvgIpc) is 3.28. The van der Waals surface area contributed by atoms with E-state index in [-0.39, 0.29) is 5.91 Å². The van der Waals surface area contributed by atoms with Crippen LogP contribution in [0.1, 0.15) is 16.1 Å². The van der Waals surface area contributed by atoms with Crippen molar-refractivity contribution in [1.29, 1.82) is 0 Å². The third kappa shape index (κ3) is 3.94. The SMILES string of the molecule is Cc1cc(-c2ccc3c(ccn3CC(F)(F)F)c2)ccc1NC(=O)c1ccnn1C. The Morgan fingerprint density at radius 1 is 1.07 bits per heavy atom. The Kier molecular flexibility index (Phi) is 4.85. The number of nitrogens with one attached hydrogen (secondary N) is 1. The standard InChI is InChI=1S/C22H19F3N4O/c1-14-11-15(3-5-18(14)27-21(30)20-7-9-26-28(20)2)16-4-6-19-17(12-16)8-10-29(19)13-22(23,24)25/h3-12H,13H2,1-2H3,(H,27,30). The number of anilines is 1. The van der Waals surface area contributed by atoms with Crippen LogP contribution in [0.4, 0.5) is 18.9 Å². The minimum atomic E-state index is -4.27. The number of benzene rings is 2. The van der Waals surface area contributed by atoms with E-state index in [1.807, 2.05) is 31.2 Å². The maximum Gasteiger partial charge on any atom is 0.406 e. The van der Waals surface area contributed by atoms with E-state index in [0.717, 1.165) is 22.1 Å². The van der Waals surface area contributed by atoms with Gasteiger partial charge in [-0.25, -0.2) is 0 Å². The van der Waals surface area contributed by atoms with Crippen LogP contribution in [0.2, 0.25) is 0 Å². The summed E-state index contributed by atoms with van der Waals surface area (Å²) in [6, 6.07) is 14.3. The zero-order valence-corrected chi connectivity index (χ0v) is 16.4. The van der Waals surface area contributed by atoms with Crippen LogP contribution >= 0.6 is 0 Å². The minimum Gasteiger partial charge on any atom is -0.338 e. The van der Waals surface area contributed by atoms with Gasteiger partial charge in [-0.1, -0.05) is 12.1 Å². The maximum atomic E-state index is 12.7. The lowest BCUT2D eigenvalue weighted by molar-refractivity contribution is -0.139. The molecule has 0 atom stereocenters. The molecule has 0 unspecified atom stereocenters. The van der Waals surface area contributed by atoms with E-state index in [1.54, 1.807) is 37.5 Å². The molecular formula is C22H19F3N4O. The molecule has 5 nitrogen and oxygen atoms in total. The van der Waals surface area contributed by atoms with E-state index in [1.165, 1.54) is 15.4 Å². The molecule has 2 heterocycles. The Labute approximate surface area is 170 Å². The number of hydrogen-bond donors (Lipinski definition) is 1. The third-order valence-electron chi connectivity index (χ3n) is 4.98. The predicted octanol–water partition coefficient (Wildman–Crippen LogP) is 5.16. The van der Waals surface area contributed by atoms with E-state index in [2.05, 4.69) is 10.4 Å². The van der Waals surface area contributed by atoms with Crippen LogP contribution in [-0.4, -0.2) is 26.4 Å². The molecule has 154 valence electrons. The van der Waals surface area contributed by atoms with Crippen LogP contribution in [0.15, 0.2) is 60.9 Å². The van der Waals surface area contributed by atoms with E-state index < -0.39 is 12.7 Å². The van der Waals surface area contributed by atoms with Crippen LogP contribution in [0, 0.1) is 6.92 Å². The third-order valence-corrected chi connectivity index (χ3v) is 4.98. The van der Waals surface area contributed by atoms with Crippen molar-refractivity contribution >= 4 is 22.5 Å². The highest BCUT2D eigenvalue weighted by Gasteiger charge is 2.28. The lowest BCUT2D eigenvalue weighted by Crippen LogP contribution is -2.16. The summed E-state index contributed by atoms with van der Waals surface area (Å²) in [6.07, 6.45) is -1.26. The second-order valence-corrected chi connectivity index (χ2v) is 7.16. The van der Waals surface area contributed by atoms with E-state index >= 15 is 0 Å². The molecule has 4 aromatic rings. The van der Waals surface area contributed by atoms with Gasteiger partial charge < -0.3 is 9.88 Å². The first-order valence-corrected chi connectivity index (χ1v) is 9.27. The number of aromatic nitrogens is 3. The fraction of sp³-hybridized carbons (Fsp3) is 0.182. The fourth-order valence-corrected chi connectivity index (χ4v) is 3.48. The Morgan fingerprint density at radius 2 is 1.80 bits per heavy atom. The van der Waals surface area contributed by atoms with Crippen LogP contribution < -0.4 is 5.32 Å². The Hall–Kier alpha value is -3.55. The van der Waals surface area contributed by atoms with Crippen molar-refractivity contribution < 1.29 is 18.0 Å². The predicted molar refractivity (Wildman–Crippen MR) is 109 cm³/mol. The molecule has 30 heavy (non-hydrogen) atoms. The fourth-order valence-electron chi connectivity index (χ4n) is 3.48. The number of hydrogen-bond acceptors (Lipinski definition) is 2. The first-order valence-electron chi connectivity index (χ1n) is 9.27. The summed E-state index contributed by atoms with van der Waals surface area (Å²) < 4.78 is 40.9. The van der Waals surface area contributed by atoms with Crippen molar-refractivity contribution in [3.63, 3.8) is 0 Å². The maximum absolute atomic E-state index is 12.7. The normalized spacial score (nSPS) is 11.8. The average molecular weight is 412 g/mol. The van der Waals surface area contributed by atoms with Gasteiger partial charge in [-0.3, -0.25) is 9.48 Å². The van der Waals surface area contributed by atoms with E-state index in [0.29, 0.717) is 16.9 Å². The summed E-state index contributed by atoms with van der Waals surface area (Å²) in [4.78, 5) is 12.4. The van der Waals surface area contributed by atoms with Crippen LogP contribution in [0.5, 0.6) is 0 Å². The van der Waals surface area contributed by atoms with Crippen molar-refractivity contribution in [3.05, 3.63) is 72.2 Å². The molecule has 1 N–H and O–H groups in total. The molecule has 0 radical (unpaired) electrons. The van der Waals surface area contributed by atoms with Gasteiger partial charge in [0.15, 0.2) is 0 Å². The van der Waals surface area contributed by atoms with Gasteiger partial charge in [0.25, 0.3) is 5.91 Å². The zero-order chi connectivity index (χ0) is 21.5. The minimum absolute atomic E-state index is 0.252. The number of fused-ring (bicyclic) bond motifs is 1. The molecule has 0 bridgehead atoms. The lowest BCUT2D eigenvalue weighted by Gasteiger charge is -2.12. The second-order valence-electron chi connectivity index (χ2n) is 7.16. The molecule has 0 saturated heterocycles. The molecule has 0 aliphatic carbocycles. The number of halogens is 3. The van der Waals surface area contributed by atoms with Crippen molar-refractivity contribution in [3.8, 4) is 11.1 Å². The smallest absolute Gasteiger partial charge is 0.338 e. The van der Waals surface area contributed by atoms with Gasteiger partial charge in [-0.15, -0.1) is 0 Å². The first kappa shape index (κ1) is 19.8. The van der Waals surface area contributed by atoms with Crippen molar-refractivity contribution in [2.45, 2.75) is 19.6 Å². The summed E-state index contributed by atoms with van der Waals surface area (Å²) in [5, 5.41) is 7.61. The summed E-state index contributed by atoms with van der Waals surface area (Å²) >= 11 is 0. The molecule has 2 aromatic carbocycles. The number of aryl methyl sites for hydroxylation is 2. The van der Waals surface area contributed by atoms with Gasteiger partial charge in [-0.05, 0) is 60.0 Å². The number of carbonyl (C=O) groups is 1. The molecule has 8 heteroatoms. The molecule has 0 fully saturated rings. The van der Waals surface area contributed by atoms with Gasteiger partial charge in [0, 0.05) is 36.0 Å². The number of carbonyl (C=O) groups excluding carboxylic acids is 1. The Bertz CT molecular complexity index is 1240. The highest BCUT2D eigenvalue weighted by Crippen LogP contribution is 2.29. The Balaban J connectivity index is 1.59. The highest BCUT2D eigenvalue weighted by molar-refractivity contribution is 6.03. The van der Waals surface area contributed by atoms with E-state index in [4.69, 9.17) is 0 Å². The van der Waals surface area contributed by atoms with Crippen LogP contribution in [-0.2, 0) is 13.6 Å². The van der Waals surface area contributed by atoms with Crippen LogP contribution in [0.3, 0.4) is 0 Å². The number of rotatable bonds is 4.